The molecule has 4 aromatic heterocycles. The molecule has 3 N–H and O–H groups in total. The lowest BCUT2D eigenvalue weighted by Gasteiger charge is -2.32. The number of rotatable bonds is 16. The molecule has 1 atom stereocenters. The molecule has 0 radical (unpaired) electrons. The van der Waals surface area contributed by atoms with Crippen LogP contribution in [0.1, 0.15) is 97.4 Å². The number of anilines is 2. The van der Waals surface area contributed by atoms with Crippen LogP contribution in [0.25, 0.3) is 27.7 Å². The van der Waals surface area contributed by atoms with Gasteiger partial charge in [-0.2, -0.15) is 5.10 Å². The standard InChI is InChI=1S/C44H48N10O5/c55-39-16-15-37(41(56)49-39)53-42(57)34-9-8-10-38(40(34)43(53)58)59-24-7-5-3-1-2-4-6-21-51-22-18-32(19-23-51)52-28-31(26-47-52)48-44-46-27-33-13-14-36(54(33)50-44)30-12-11-29-17-20-45-35(29)25-30/h8-14,17,20,25-28,32,37,45H,1-7,15-16,18-19,21-24H2,(H,48,50)(H,49,55,56). The van der Waals surface area contributed by atoms with E-state index < -0.39 is 29.7 Å². The maximum Gasteiger partial charge on any atom is 0.266 e. The molecule has 1 unspecified atom stereocenters. The van der Waals surface area contributed by atoms with Crippen molar-refractivity contribution in [2.75, 3.05) is 31.6 Å². The van der Waals surface area contributed by atoms with E-state index in [1.54, 1.807) is 18.2 Å². The first-order valence-corrected chi connectivity index (χ1v) is 20.8. The number of aromatic nitrogens is 6. The highest BCUT2D eigenvalue weighted by molar-refractivity contribution is 6.24. The second-order valence-corrected chi connectivity index (χ2v) is 15.8. The number of H-pyrrole nitrogens is 1. The van der Waals surface area contributed by atoms with Crippen LogP contribution in [0.3, 0.4) is 0 Å². The summed E-state index contributed by atoms with van der Waals surface area (Å²) < 4.78 is 9.99. The number of carbonyl (C=O) groups excluding carboxylic acids is 4. The number of nitrogens with zero attached hydrogens (tertiary/aromatic N) is 7. The van der Waals surface area contributed by atoms with Crippen LogP contribution in [0.2, 0.25) is 0 Å². The van der Waals surface area contributed by atoms with Crippen molar-refractivity contribution in [1.29, 1.82) is 0 Å². The van der Waals surface area contributed by atoms with Crippen molar-refractivity contribution in [3.63, 3.8) is 0 Å². The minimum atomic E-state index is -0.992. The third kappa shape index (κ3) is 8.06. The van der Waals surface area contributed by atoms with Crippen molar-refractivity contribution in [1.82, 2.24) is 44.5 Å². The molecular formula is C44H48N10O5. The second-order valence-electron chi connectivity index (χ2n) is 15.8. The number of benzene rings is 2. The van der Waals surface area contributed by atoms with Gasteiger partial charge in [0.05, 0.1) is 53.1 Å². The van der Waals surface area contributed by atoms with Gasteiger partial charge in [-0.1, -0.05) is 50.3 Å². The molecule has 4 amide bonds. The van der Waals surface area contributed by atoms with Crippen molar-refractivity contribution in [3.8, 4) is 17.0 Å². The maximum atomic E-state index is 13.3. The maximum absolute atomic E-state index is 13.3. The van der Waals surface area contributed by atoms with Gasteiger partial charge in [0.2, 0.25) is 17.8 Å². The fourth-order valence-electron chi connectivity index (χ4n) is 8.63. The van der Waals surface area contributed by atoms with E-state index in [2.05, 4.69) is 66.7 Å². The van der Waals surface area contributed by atoms with Crippen LogP contribution in [-0.2, 0) is 9.59 Å². The molecule has 2 aromatic carbocycles. The van der Waals surface area contributed by atoms with Gasteiger partial charge in [0.25, 0.3) is 11.8 Å². The molecule has 15 heteroatoms. The number of carbonyl (C=O) groups is 4. The first-order chi connectivity index (χ1) is 28.9. The highest BCUT2D eigenvalue weighted by Crippen LogP contribution is 2.34. The van der Waals surface area contributed by atoms with E-state index in [0.717, 1.165) is 84.6 Å². The Kier molecular flexibility index (Phi) is 10.9. The summed E-state index contributed by atoms with van der Waals surface area (Å²) in [6, 6.07) is 16.9. The van der Waals surface area contributed by atoms with Crippen molar-refractivity contribution in [2.45, 2.75) is 82.7 Å². The SMILES string of the molecule is O=C1CCC(N2C(=O)c3cccc(OCCCCCCCCCN4CCC(n5cc(Nc6ncc7ccc(-c8ccc9cc[nH]c9c8)n7n6)cn5)CC4)c3C2=O)C(=O)N1. The van der Waals surface area contributed by atoms with Crippen molar-refractivity contribution in [2.24, 2.45) is 0 Å². The highest BCUT2D eigenvalue weighted by atomic mass is 16.5. The van der Waals surface area contributed by atoms with Crippen LogP contribution < -0.4 is 15.4 Å². The topological polar surface area (TPSA) is 172 Å². The zero-order valence-electron chi connectivity index (χ0n) is 32.9. The molecule has 0 bridgehead atoms. The summed E-state index contributed by atoms with van der Waals surface area (Å²) in [6.45, 7) is 3.69. The summed E-state index contributed by atoms with van der Waals surface area (Å²) in [5.74, 6) is -1.21. The molecule has 7 heterocycles. The predicted molar refractivity (Wildman–Crippen MR) is 221 cm³/mol. The number of likely N-dealkylation sites (tertiary alicyclic amines) is 1. The van der Waals surface area contributed by atoms with Crippen LogP contribution in [0.4, 0.5) is 11.6 Å². The number of imide groups is 2. The van der Waals surface area contributed by atoms with E-state index in [4.69, 9.17) is 14.9 Å². The zero-order chi connectivity index (χ0) is 40.3. The molecule has 0 spiro atoms. The highest BCUT2D eigenvalue weighted by Gasteiger charge is 2.46. The lowest BCUT2D eigenvalue weighted by molar-refractivity contribution is -0.136. The van der Waals surface area contributed by atoms with Gasteiger partial charge in [-0.05, 0) is 80.4 Å². The van der Waals surface area contributed by atoms with Gasteiger partial charge in [0.15, 0.2) is 0 Å². The molecule has 304 valence electrons. The van der Waals surface area contributed by atoms with Gasteiger partial charge in [-0.25, -0.2) is 9.50 Å². The minimum Gasteiger partial charge on any atom is -0.493 e. The Hall–Kier alpha value is -6.35. The molecule has 3 aliphatic rings. The van der Waals surface area contributed by atoms with E-state index in [0.29, 0.717) is 24.3 Å². The summed E-state index contributed by atoms with van der Waals surface area (Å²) >= 11 is 0. The molecule has 0 aliphatic carbocycles. The number of piperidine rings is 2. The largest absolute Gasteiger partial charge is 0.493 e. The van der Waals surface area contributed by atoms with Crippen molar-refractivity contribution in [3.05, 3.63) is 90.5 Å². The summed E-state index contributed by atoms with van der Waals surface area (Å²) in [7, 11) is 0. The first-order valence-electron chi connectivity index (χ1n) is 20.8. The number of fused-ring (bicyclic) bond motifs is 3. The average Bonchev–Trinajstić information content (AvgIpc) is 4.06. The zero-order valence-corrected chi connectivity index (χ0v) is 32.9. The Bertz CT molecular complexity index is 2510. The molecule has 2 saturated heterocycles. The van der Waals surface area contributed by atoms with Crippen molar-refractivity contribution < 1.29 is 23.9 Å². The molecule has 0 saturated carbocycles. The number of amides is 4. The Labute approximate surface area is 341 Å². The van der Waals surface area contributed by atoms with Gasteiger partial charge in [-0.15, -0.1) is 5.10 Å². The van der Waals surface area contributed by atoms with E-state index in [1.165, 1.54) is 31.1 Å². The van der Waals surface area contributed by atoms with Gasteiger partial charge < -0.3 is 19.9 Å². The molecule has 59 heavy (non-hydrogen) atoms. The van der Waals surface area contributed by atoms with Crippen molar-refractivity contribution >= 4 is 51.7 Å². The minimum absolute atomic E-state index is 0.0846. The van der Waals surface area contributed by atoms with E-state index in [1.807, 2.05) is 29.2 Å². The molecule has 6 aromatic rings. The van der Waals surface area contributed by atoms with Crippen LogP contribution in [0.15, 0.2) is 79.4 Å². The molecule has 2 fully saturated rings. The Morgan fingerprint density at radius 3 is 2.53 bits per heavy atom. The van der Waals surface area contributed by atoms with Gasteiger partial charge in [0.1, 0.15) is 11.8 Å². The van der Waals surface area contributed by atoms with Gasteiger partial charge >= 0.3 is 0 Å². The lowest BCUT2D eigenvalue weighted by Crippen LogP contribution is -2.54. The first kappa shape index (κ1) is 38.2. The number of hydrogen-bond acceptors (Lipinski definition) is 10. The Morgan fingerprint density at radius 1 is 0.847 bits per heavy atom. The Morgan fingerprint density at radius 2 is 1.68 bits per heavy atom. The van der Waals surface area contributed by atoms with Crippen LogP contribution in [0, 0.1) is 0 Å². The number of unbranched alkanes of at least 4 members (excludes halogenated alkanes) is 6. The normalized spacial score (nSPS) is 17.6. The third-order valence-corrected chi connectivity index (χ3v) is 11.8. The second kappa shape index (κ2) is 16.9. The lowest BCUT2D eigenvalue weighted by atomic mass is 10.0. The number of aromatic amines is 1. The van der Waals surface area contributed by atoms with Crippen LogP contribution >= 0.6 is 0 Å². The Balaban J connectivity index is 0.655. The molecular weight excluding hydrogens is 749 g/mol. The molecule has 9 rings (SSSR count). The smallest absolute Gasteiger partial charge is 0.266 e. The van der Waals surface area contributed by atoms with E-state index in [9.17, 15) is 19.2 Å². The monoisotopic (exact) mass is 796 g/mol. The van der Waals surface area contributed by atoms with Crippen LogP contribution in [0.5, 0.6) is 5.75 Å². The molecule has 3 aliphatic heterocycles. The van der Waals surface area contributed by atoms with Crippen LogP contribution in [-0.4, -0.2) is 95.1 Å². The van der Waals surface area contributed by atoms with E-state index >= 15 is 0 Å². The average molecular weight is 797 g/mol. The van der Waals surface area contributed by atoms with Gasteiger partial charge in [-0.3, -0.25) is 34.1 Å². The summed E-state index contributed by atoms with van der Waals surface area (Å²) in [4.78, 5) is 61.7. The van der Waals surface area contributed by atoms with E-state index in [-0.39, 0.29) is 24.0 Å². The fourth-order valence-corrected chi connectivity index (χ4v) is 8.63. The van der Waals surface area contributed by atoms with Gasteiger partial charge in [0, 0.05) is 43.0 Å². The number of hydrogen-bond donors (Lipinski definition) is 3. The number of nitrogens with one attached hydrogen (secondary N) is 3. The number of ether oxygens (including phenoxy) is 1. The predicted octanol–water partition coefficient (Wildman–Crippen LogP) is 6.67. The summed E-state index contributed by atoms with van der Waals surface area (Å²) in [5, 5.41) is 16.3. The fraction of sp³-hybridized carbons (Fsp3) is 0.386. The summed E-state index contributed by atoms with van der Waals surface area (Å²) in [6.07, 6.45) is 17.8. The third-order valence-electron chi connectivity index (χ3n) is 11.8. The quantitative estimate of drug-likeness (QED) is 0.0710. The summed E-state index contributed by atoms with van der Waals surface area (Å²) in [5.41, 5.74) is 5.40. The molecule has 15 nitrogen and oxygen atoms in total.